The zero-order valence-corrected chi connectivity index (χ0v) is 20.9. The summed E-state index contributed by atoms with van der Waals surface area (Å²) in [6.07, 6.45) is 3.33. The molecule has 1 aliphatic rings. The second-order valence-corrected chi connectivity index (χ2v) is 10.3. The number of hydrogen-bond acceptors (Lipinski definition) is 6. The molecule has 0 aromatic rings. The highest BCUT2D eigenvalue weighted by Gasteiger charge is 2.34. The second kappa shape index (κ2) is 12.9. The first kappa shape index (κ1) is 28.1. The number of aliphatic carboxylic acids is 1. The van der Waals surface area contributed by atoms with Crippen LogP contribution >= 0.6 is 11.8 Å². The summed E-state index contributed by atoms with van der Waals surface area (Å²) in [6, 6.07) is -1.61. The third kappa shape index (κ3) is 9.26. The van der Waals surface area contributed by atoms with Gasteiger partial charge in [0.25, 0.3) is 0 Å². The van der Waals surface area contributed by atoms with Crippen molar-refractivity contribution in [2.75, 3.05) is 25.1 Å². The van der Waals surface area contributed by atoms with Crippen LogP contribution in [0.25, 0.3) is 0 Å². The summed E-state index contributed by atoms with van der Waals surface area (Å²) >= 11 is 1.59. The van der Waals surface area contributed by atoms with E-state index in [1.54, 1.807) is 44.4 Å². The summed E-state index contributed by atoms with van der Waals surface area (Å²) < 4.78 is 5.29. The number of rotatable bonds is 10. The number of ether oxygens (including phenoxy) is 1. The Bertz CT molecular complexity index is 659. The van der Waals surface area contributed by atoms with Gasteiger partial charge >= 0.3 is 12.1 Å². The molecule has 0 unspecified atom stereocenters. The molecular weight excluding hydrogens is 434 g/mol. The van der Waals surface area contributed by atoms with Crippen molar-refractivity contribution < 1.29 is 29.0 Å². The van der Waals surface area contributed by atoms with Crippen LogP contribution in [0.2, 0.25) is 0 Å². The number of nitrogens with zero attached hydrogens (tertiary/aromatic N) is 1. The van der Waals surface area contributed by atoms with Gasteiger partial charge in [-0.3, -0.25) is 9.59 Å². The smallest absolute Gasteiger partial charge is 0.408 e. The van der Waals surface area contributed by atoms with E-state index in [4.69, 9.17) is 4.74 Å². The molecule has 0 aliphatic carbocycles. The van der Waals surface area contributed by atoms with Crippen LogP contribution in [0.5, 0.6) is 0 Å². The molecule has 1 saturated heterocycles. The van der Waals surface area contributed by atoms with Gasteiger partial charge in [0.15, 0.2) is 0 Å². The average Bonchev–Trinajstić information content (AvgIpc) is 2.72. The van der Waals surface area contributed by atoms with E-state index >= 15 is 0 Å². The van der Waals surface area contributed by atoms with E-state index in [0.717, 1.165) is 0 Å². The molecule has 3 atom stereocenters. The van der Waals surface area contributed by atoms with E-state index in [2.05, 4.69) is 10.6 Å². The molecule has 10 heteroatoms. The van der Waals surface area contributed by atoms with Gasteiger partial charge in [0, 0.05) is 19.0 Å². The Kier molecular flexibility index (Phi) is 11.3. The van der Waals surface area contributed by atoms with Gasteiger partial charge in [0.05, 0.1) is 0 Å². The fraction of sp³-hybridized carbons (Fsp3) is 0.818. The van der Waals surface area contributed by atoms with Gasteiger partial charge in [-0.1, -0.05) is 20.3 Å². The van der Waals surface area contributed by atoms with Crippen LogP contribution < -0.4 is 10.6 Å². The van der Waals surface area contributed by atoms with E-state index in [1.807, 2.05) is 13.2 Å². The predicted molar refractivity (Wildman–Crippen MR) is 124 cm³/mol. The molecule has 9 nitrogen and oxygen atoms in total. The van der Waals surface area contributed by atoms with Crippen LogP contribution in [0, 0.1) is 11.8 Å². The number of piperidine rings is 1. The van der Waals surface area contributed by atoms with E-state index in [0.29, 0.717) is 44.5 Å². The number of likely N-dealkylation sites (tertiary alicyclic amines) is 1. The van der Waals surface area contributed by atoms with Crippen molar-refractivity contribution in [2.45, 2.75) is 78.0 Å². The maximum Gasteiger partial charge on any atom is 0.408 e. The lowest BCUT2D eigenvalue weighted by Crippen LogP contribution is -2.53. The first-order chi connectivity index (χ1) is 14.9. The summed E-state index contributed by atoms with van der Waals surface area (Å²) in [6.45, 7) is 9.72. The number of carboxylic acid groups (broad SMARTS) is 1. The first-order valence-corrected chi connectivity index (χ1v) is 12.6. The quantitative estimate of drug-likeness (QED) is 0.445. The summed E-state index contributed by atoms with van der Waals surface area (Å²) in [5.74, 6) is -1.31. The molecule has 0 aromatic heterocycles. The van der Waals surface area contributed by atoms with Gasteiger partial charge in [-0.25, -0.2) is 9.59 Å². The van der Waals surface area contributed by atoms with Crippen molar-refractivity contribution in [3.05, 3.63) is 0 Å². The number of nitrogens with one attached hydrogen (secondary N) is 2. The molecule has 3 amide bonds. The lowest BCUT2D eigenvalue weighted by atomic mass is 9.93. The predicted octanol–water partition coefficient (Wildman–Crippen LogP) is 2.49. The molecule has 32 heavy (non-hydrogen) atoms. The molecule has 0 bridgehead atoms. The fourth-order valence-electron chi connectivity index (χ4n) is 3.48. The Balaban J connectivity index is 2.69. The molecule has 1 aliphatic heterocycles. The van der Waals surface area contributed by atoms with Gasteiger partial charge in [-0.15, -0.1) is 0 Å². The lowest BCUT2D eigenvalue weighted by Gasteiger charge is -2.34. The van der Waals surface area contributed by atoms with Crippen molar-refractivity contribution in [3.63, 3.8) is 0 Å². The first-order valence-electron chi connectivity index (χ1n) is 11.2. The average molecular weight is 474 g/mol. The SMILES string of the molecule is CC[C@@H](C)[C@H](NC(=O)C1CCN(C(=O)[C@H](CCSC)NC(=O)OC(C)(C)C)CC1)C(=O)O. The number of alkyl carbamates (subject to hydrolysis) is 1. The monoisotopic (exact) mass is 473 g/mol. The number of carbonyl (C=O) groups excluding carboxylic acids is 3. The van der Waals surface area contributed by atoms with Crippen molar-refractivity contribution in [3.8, 4) is 0 Å². The Morgan fingerprint density at radius 1 is 1.16 bits per heavy atom. The van der Waals surface area contributed by atoms with Crippen LogP contribution in [0.4, 0.5) is 4.79 Å². The van der Waals surface area contributed by atoms with Gasteiger partial charge in [-0.05, 0) is 58.0 Å². The van der Waals surface area contributed by atoms with Crippen LogP contribution in [0.3, 0.4) is 0 Å². The van der Waals surface area contributed by atoms with Gasteiger partial charge < -0.3 is 25.4 Å². The largest absolute Gasteiger partial charge is 0.480 e. The Morgan fingerprint density at radius 3 is 2.22 bits per heavy atom. The third-order valence-corrected chi connectivity index (χ3v) is 6.20. The standard InChI is InChI=1S/C22H39N3O6S/c1-7-14(2)17(20(28)29)24-18(26)15-8-11-25(12-9-15)19(27)16(10-13-32-6)23-21(30)31-22(3,4)5/h14-17H,7-13H2,1-6H3,(H,23,30)(H,24,26)(H,28,29)/t14-,16+,17+/m1/s1. The molecule has 3 N–H and O–H groups in total. The lowest BCUT2D eigenvalue weighted by molar-refractivity contribution is -0.144. The summed E-state index contributed by atoms with van der Waals surface area (Å²) in [4.78, 5) is 51.0. The Labute approximate surface area is 195 Å². The topological polar surface area (TPSA) is 125 Å². The van der Waals surface area contributed by atoms with Crippen molar-refractivity contribution in [1.29, 1.82) is 0 Å². The van der Waals surface area contributed by atoms with Gasteiger partial charge in [0.2, 0.25) is 11.8 Å². The maximum absolute atomic E-state index is 13.0. The molecule has 1 fully saturated rings. The molecule has 0 saturated carbocycles. The molecule has 1 heterocycles. The van der Waals surface area contributed by atoms with Crippen molar-refractivity contribution in [1.82, 2.24) is 15.5 Å². The summed E-state index contributed by atoms with van der Waals surface area (Å²) in [7, 11) is 0. The minimum atomic E-state index is -1.04. The highest BCUT2D eigenvalue weighted by molar-refractivity contribution is 7.98. The van der Waals surface area contributed by atoms with Crippen LogP contribution in [0.1, 0.15) is 60.3 Å². The fourth-order valence-corrected chi connectivity index (χ4v) is 3.95. The highest BCUT2D eigenvalue weighted by Crippen LogP contribution is 2.20. The van der Waals surface area contributed by atoms with Gasteiger partial charge in [-0.2, -0.15) is 11.8 Å². The van der Waals surface area contributed by atoms with Crippen LogP contribution in [-0.4, -0.2) is 76.7 Å². The highest BCUT2D eigenvalue weighted by atomic mass is 32.2. The molecule has 0 aromatic carbocycles. The minimum absolute atomic E-state index is 0.172. The van der Waals surface area contributed by atoms with E-state index in [-0.39, 0.29) is 23.7 Å². The second-order valence-electron chi connectivity index (χ2n) is 9.29. The van der Waals surface area contributed by atoms with Crippen LogP contribution in [0.15, 0.2) is 0 Å². The molecule has 0 radical (unpaired) electrons. The Morgan fingerprint density at radius 2 is 1.75 bits per heavy atom. The minimum Gasteiger partial charge on any atom is -0.480 e. The van der Waals surface area contributed by atoms with Crippen molar-refractivity contribution in [2.24, 2.45) is 11.8 Å². The summed E-state index contributed by atoms with van der Waals surface area (Å²) in [5.41, 5.74) is -0.661. The molecular formula is C22H39N3O6S. The normalized spacial score (nSPS) is 17.8. The number of thioether (sulfide) groups is 1. The Hall–Kier alpha value is -1.97. The molecule has 0 spiro atoms. The number of carboxylic acids is 1. The van der Waals surface area contributed by atoms with Crippen molar-refractivity contribution >= 4 is 35.6 Å². The zero-order chi connectivity index (χ0) is 24.5. The molecule has 184 valence electrons. The van der Waals surface area contributed by atoms with E-state index < -0.39 is 29.7 Å². The van der Waals surface area contributed by atoms with E-state index in [9.17, 15) is 24.3 Å². The third-order valence-electron chi connectivity index (χ3n) is 5.55. The van der Waals surface area contributed by atoms with Crippen LogP contribution in [-0.2, 0) is 19.1 Å². The zero-order valence-electron chi connectivity index (χ0n) is 20.1. The van der Waals surface area contributed by atoms with Gasteiger partial charge in [0.1, 0.15) is 17.7 Å². The number of hydrogen-bond donors (Lipinski definition) is 3. The molecule has 1 rings (SSSR count). The number of carbonyl (C=O) groups is 4. The van der Waals surface area contributed by atoms with E-state index in [1.165, 1.54) is 0 Å². The maximum atomic E-state index is 13.0. The summed E-state index contributed by atoms with van der Waals surface area (Å²) in [5, 5.41) is 14.7. The number of amides is 3.